The lowest BCUT2D eigenvalue weighted by Gasteiger charge is -2.17. The summed E-state index contributed by atoms with van der Waals surface area (Å²) in [6, 6.07) is 16.0. The van der Waals surface area contributed by atoms with Crippen LogP contribution in [0.3, 0.4) is 0 Å². The molecule has 0 saturated heterocycles. The lowest BCUT2D eigenvalue weighted by molar-refractivity contribution is -0.129. The molecule has 2 rings (SSSR count). The van der Waals surface area contributed by atoms with E-state index in [1.165, 1.54) is 11.0 Å². The highest BCUT2D eigenvalue weighted by molar-refractivity contribution is 9.10. The van der Waals surface area contributed by atoms with Crippen LogP contribution in [0.5, 0.6) is 0 Å². The number of nitrogens with zero attached hydrogens (tertiary/aromatic N) is 1. The molecule has 0 aliphatic carbocycles. The first kappa shape index (κ1) is 17.7. The molecule has 0 aromatic heterocycles. The number of nitrogens with one attached hydrogen (secondary N) is 1. The van der Waals surface area contributed by atoms with Gasteiger partial charge in [0.15, 0.2) is 0 Å². The molecule has 0 aliphatic rings. The van der Waals surface area contributed by atoms with Crippen LogP contribution in [0.1, 0.15) is 5.56 Å². The van der Waals surface area contributed by atoms with Crippen LogP contribution in [0.4, 0.5) is 0 Å². The van der Waals surface area contributed by atoms with Crippen molar-refractivity contribution >= 4 is 31.9 Å². The molecule has 1 amide bonds. The van der Waals surface area contributed by atoms with E-state index < -0.39 is 10.0 Å². The Morgan fingerprint density at radius 2 is 1.70 bits per heavy atom. The monoisotopic (exact) mass is 396 g/mol. The minimum atomic E-state index is -3.74. The van der Waals surface area contributed by atoms with E-state index in [0.29, 0.717) is 11.0 Å². The largest absolute Gasteiger partial charge is 0.340 e. The van der Waals surface area contributed by atoms with Crippen LogP contribution in [0.2, 0.25) is 0 Å². The number of carbonyl (C=O) groups excluding carboxylic acids is 1. The molecule has 2 aromatic rings. The predicted molar refractivity (Wildman–Crippen MR) is 92.2 cm³/mol. The van der Waals surface area contributed by atoms with Crippen LogP contribution in [0, 0.1) is 0 Å². The highest BCUT2D eigenvalue weighted by Gasteiger charge is 2.19. The Morgan fingerprint density at radius 3 is 2.35 bits per heavy atom. The maximum Gasteiger partial charge on any atom is 0.242 e. The van der Waals surface area contributed by atoms with E-state index in [2.05, 4.69) is 20.7 Å². The molecule has 7 heteroatoms. The Hall–Kier alpha value is -1.70. The normalized spacial score (nSPS) is 11.2. The number of rotatable bonds is 6. The quantitative estimate of drug-likeness (QED) is 0.814. The Labute approximate surface area is 144 Å². The molecule has 0 fully saturated rings. The van der Waals surface area contributed by atoms with Crippen molar-refractivity contribution in [2.75, 3.05) is 13.6 Å². The van der Waals surface area contributed by atoms with Gasteiger partial charge in [-0.05, 0) is 33.6 Å². The minimum absolute atomic E-state index is 0.110. The third-order valence-electron chi connectivity index (χ3n) is 3.23. The lowest BCUT2D eigenvalue weighted by Crippen LogP contribution is -2.37. The van der Waals surface area contributed by atoms with Crippen molar-refractivity contribution in [1.82, 2.24) is 9.62 Å². The standard InChI is InChI=1S/C16H17BrN2O3S/c1-19(12-13-7-3-2-4-8-13)16(20)11-18-23(21,22)15-10-6-5-9-14(15)17/h2-10,18H,11-12H2,1H3. The van der Waals surface area contributed by atoms with Crippen molar-refractivity contribution < 1.29 is 13.2 Å². The van der Waals surface area contributed by atoms with Crippen LogP contribution in [0.25, 0.3) is 0 Å². The molecule has 2 aromatic carbocycles. The molecule has 122 valence electrons. The van der Waals surface area contributed by atoms with Gasteiger partial charge in [0.05, 0.1) is 11.4 Å². The summed E-state index contributed by atoms with van der Waals surface area (Å²) >= 11 is 3.20. The van der Waals surface area contributed by atoms with Crippen LogP contribution >= 0.6 is 15.9 Å². The Bertz CT molecular complexity index is 779. The van der Waals surface area contributed by atoms with Crippen molar-refractivity contribution in [3.05, 3.63) is 64.6 Å². The Balaban J connectivity index is 1.97. The molecule has 0 aliphatic heterocycles. The maximum atomic E-state index is 12.2. The van der Waals surface area contributed by atoms with Gasteiger partial charge in [-0.2, -0.15) is 0 Å². The fraction of sp³-hybridized carbons (Fsp3) is 0.188. The van der Waals surface area contributed by atoms with Gasteiger partial charge in [-0.15, -0.1) is 0 Å². The third-order valence-corrected chi connectivity index (χ3v) is 5.64. The number of sulfonamides is 1. The van der Waals surface area contributed by atoms with Gasteiger partial charge in [0.1, 0.15) is 0 Å². The van der Waals surface area contributed by atoms with Gasteiger partial charge in [0.25, 0.3) is 0 Å². The zero-order valence-electron chi connectivity index (χ0n) is 12.6. The van der Waals surface area contributed by atoms with E-state index in [-0.39, 0.29) is 17.3 Å². The second-order valence-corrected chi connectivity index (χ2v) is 7.58. The number of benzene rings is 2. The first-order chi connectivity index (χ1) is 10.9. The molecule has 0 heterocycles. The summed E-state index contributed by atoms with van der Waals surface area (Å²) in [5.74, 6) is -0.301. The highest BCUT2D eigenvalue weighted by Crippen LogP contribution is 2.20. The van der Waals surface area contributed by atoms with E-state index >= 15 is 0 Å². The van der Waals surface area contributed by atoms with E-state index in [1.807, 2.05) is 30.3 Å². The topological polar surface area (TPSA) is 66.5 Å². The SMILES string of the molecule is CN(Cc1ccccc1)C(=O)CNS(=O)(=O)c1ccccc1Br. The molecule has 0 radical (unpaired) electrons. The van der Waals surface area contributed by atoms with Crippen LogP contribution in [0.15, 0.2) is 64.0 Å². The number of halogens is 1. The average molecular weight is 397 g/mol. The number of carbonyl (C=O) groups is 1. The van der Waals surface area contributed by atoms with Crippen molar-refractivity contribution in [1.29, 1.82) is 0 Å². The molecule has 23 heavy (non-hydrogen) atoms. The Kier molecular flexibility index (Phi) is 5.92. The number of hydrogen-bond acceptors (Lipinski definition) is 3. The fourth-order valence-electron chi connectivity index (χ4n) is 1.98. The highest BCUT2D eigenvalue weighted by atomic mass is 79.9. The summed E-state index contributed by atoms with van der Waals surface area (Å²) in [4.78, 5) is 13.7. The first-order valence-electron chi connectivity index (χ1n) is 6.92. The smallest absolute Gasteiger partial charge is 0.242 e. The van der Waals surface area contributed by atoms with Gasteiger partial charge in [-0.1, -0.05) is 42.5 Å². The summed E-state index contributed by atoms with van der Waals surface area (Å²) in [5.41, 5.74) is 0.983. The molecular weight excluding hydrogens is 380 g/mol. The van der Waals surface area contributed by atoms with Crippen LogP contribution in [-0.4, -0.2) is 32.8 Å². The van der Waals surface area contributed by atoms with Gasteiger partial charge in [0, 0.05) is 18.1 Å². The van der Waals surface area contributed by atoms with E-state index in [4.69, 9.17) is 0 Å². The number of amides is 1. The van der Waals surface area contributed by atoms with Crippen molar-refractivity contribution in [2.24, 2.45) is 0 Å². The van der Waals surface area contributed by atoms with E-state index in [9.17, 15) is 13.2 Å². The van der Waals surface area contributed by atoms with Crippen molar-refractivity contribution in [3.63, 3.8) is 0 Å². The molecule has 0 atom stereocenters. The summed E-state index contributed by atoms with van der Waals surface area (Å²) in [6.45, 7) is 0.142. The van der Waals surface area contributed by atoms with E-state index in [1.54, 1.807) is 25.2 Å². The Morgan fingerprint density at radius 1 is 1.09 bits per heavy atom. The maximum absolute atomic E-state index is 12.2. The molecule has 1 N–H and O–H groups in total. The van der Waals surface area contributed by atoms with Crippen molar-refractivity contribution in [2.45, 2.75) is 11.4 Å². The van der Waals surface area contributed by atoms with Gasteiger partial charge in [-0.25, -0.2) is 13.1 Å². The second-order valence-electron chi connectivity index (χ2n) is 4.99. The number of likely N-dealkylation sites (N-methyl/N-ethyl adjacent to an activating group) is 1. The summed E-state index contributed by atoms with van der Waals surface area (Å²) in [5, 5.41) is 0. The van der Waals surface area contributed by atoms with Gasteiger partial charge in [0.2, 0.25) is 15.9 Å². The van der Waals surface area contributed by atoms with Gasteiger partial charge in [-0.3, -0.25) is 4.79 Å². The third kappa shape index (κ3) is 4.89. The minimum Gasteiger partial charge on any atom is -0.340 e. The molecule has 0 bridgehead atoms. The van der Waals surface area contributed by atoms with Crippen molar-refractivity contribution in [3.8, 4) is 0 Å². The molecular formula is C16H17BrN2O3S. The average Bonchev–Trinajstić information content (AvgIpc) is 2.54. The first-order valence-corrected chi connectivity index (χ1v) is 9.20. The molecule has 0 saturated carbocycles. The van der Waals surface area contributed by atoms with E-state index in [0.717, 1.165) is 5.56 Å². The van der Waals surface area contributed by atoms with Crippen LogP contribution in [-0.2, 0) is 21.4 Å². The summed E-state index contributed by atoms with van der Waals surface area (Å²) < 4.78 is 27.2. The molecule has 0 spiro atoms. The summed E-state index contributed by atoms with van der Waals surface area (Å²) in [7, 11) is -2.10. The second kappa shape index (κ2) is 7.72. The molecule has 5 nitrogen and oxygen atoms in total. The van der Waals surface area contributed by atoms with Gasteiger partial charge >= 0.3 is 0 Å². The number of hydrogen-bond donors (Lipinski definition) is 1. The fourth-order valence-corrected chi connectivity index (χ4v) is 3.95. The predicted octanol–water partition coefficient (Wildman–Crippen LogP) is 2.39. The zero-order chi connectivity index (χ0) is 16.9. The lowest BCUT2D eigenvalue weighted by atomic mass is 10.2. The summed E-state index contributed by atoms with van der Waals surface area (Å²) in [6.07, 6.45) is 0. The van der Waals surface area contributed by atoms with Crippen LogP contribution < -0.4 is 4.72 Å². The van der Waals surface area contributed by atoms with Gasteiger partial charge < -0.3 is 4.90 Å². The zero-order valence-corrected chi connectivity index (χ0v) is 15.0. The molecule has 0 unspecified atom stereocenters.